The third-order valence-electron chi connectivity index (χ3n) is 7.50. The van der Waals surface area contributed by atoms with Crippen LogP contribution in [0.15, 0.2) is 152 Å². The van der Waals surface area contributed by atoms with Gasteiger partial charge < -0.3 is 5.73 Å². The van der Waals surface area contributed by atoms with Crippen LogP contribution in [0.5, 0.6) is 0 Å². The number of nitrogen functional groups attached to an aromatic ring is 1. The first-order valence-electron chi connectivity index (χ1n) is 13.7. The van der Waals surface area contributed by atoms with Crippen molar-refractivity contribution in [1.29, 1.82) is 0 Å². The quantitative estimate of drug-likeness (QED) is 0.228. The summed E-state index contributed by atoms with van der Waals surface area (Å²) in [5, 5.41) is 1.05. The van der Waals surface area contributed by atoms with Crippen LogP contribution in [0.25, 0.3) is 66.9 Å². The van der Waals surface area contributed by atoms with Gasteiger partial charge >= 0.3 is 0 Å². The van der Waals surface area contributed by atoms with E-state index in [1.807, 2.05) is 66.7 Å². The Bertz CT molecular complexity index is 1960. The molecule has 41 heavy (non-hydrogen) atoms. The first kappa shape index (κ1) is 24.5. The molecule has 0 aliphatic carbocycles. The minimum Gasteiger partial charge on any atom is -0.398 e. The monoisotopic (exact) mass is 525 g/mol. The number of aromatic nitrogens is 2. The third kappa shape index (κ3) is 4.86. The maximum absolute atomic E-state index is 6.16. The van der Waals surface area contributed by atoms with Crippen LogP contribution >= 0.6 is 0 Å². The summed E-state index contributed by atoms with van der Waals surface area (Å²) < 4.78 is 0. The number of benzene rings is 6. The molecule has 0 atom stereocenters. The van der Waals surface area contributed by atoms with Gasteiger partial charge in [-0.05, 0) is 39.9 Å². The van der Waals surface area contributed by atoms with E-state index >= 15 is 0 Å². The normalized spacial score (nSPS) is 11.0. The number of fused-ring (bicyclic) bond motifs is 1. The lowest BCUT2D eigenvalue weighted by Gasteiger charge is -2.11. The number of anilines is 1. The van der Waals surface area contributed by atoms with Crippen LogP contribution in [-0.4, -0.2) is 9.97 Å². The maximum Gasteiger partial charge on any atom is 0.160 e. The van der Waals surface area contributed by atoms with Crippen molar-refractivity contribution in [2.45, 2.75) is 0 Å². The Hall–Kier alpha value is -5.54. The second-order valence-corrected chi connectivity index (χ2v) is 10.1. The minimum atomic E-state index is 0.735. The fourth-order valence-electron chi connectivity index (χ4n) is 5.29. The van der Waals surface area contributed by atoms with Crippen LogP contribution in [0.4, 0.5) is 5.69 Å². The molecule has 0 bridgehead atoms. The van der Waals surface area contributed by atoms with Gasteiger partial charge in [0.1, 0.15) is 0 Å². The van der Waals surface area contributed by atoms with E-state index in [-0.39, 0.29) is 0 Å². The molecule has 2 N–H and O–H groups in total. The van der Waals surface area contributed by atoms with Gasteiger partial charge in [0.25, 0.3) is 0 Å². The Balaban J connectivity index is 1.16. The summed E-state index contributed by atoms with van der Waals surface area (Å²) in [7, 11) is 0. The zero-order valence-electron chi connectivity index (χ0n) is 22.4. The van der Waals surface area contributed by atoms with Crippen molar-refractivity contribution in [1.82, 2.24) is 9.97 Å². The van der Waals surface area contributed by atoms with Gasteiger partial charge in [0, 0.05) is 27.8 Å². The smallest absolute Gasteiger partial charge is 0.160 e. The Morgan fingerprint density at radius 1 is 0.366 bits per heavy atom. The van der Waals surface area contributed by atoms with Gasteiger partial charge in [0.2, 0.25) is 0 Å². The largest absolute Gasteiger partial charge is 0.398 e. The zero-order valence-corrected chi connectivity index (χ0v) is 22.4. The second kappa shape index (κ2) is 10.6. The average Bonchev–Trinajstić information content (AvgIpc) is 3.05. The summed E-state index contributed by atoms with van der Waals surface area (Å²) in [6.07, 6.45) is 0. The Labute approximate surface area is 239 Å². The molecule has 3 heteroatoms. The molecule has 0 spiro atoms. The molecule has 3 nitrogen and oxygen atoms in total. The first-order valence-corrected chi connectivity index (χ1v) is 13.7. The zero-order chi connectivity index (χ0) is 27.6. The number of nitrogens with zero attached hydrogens (tertiary/aromatic N) is 2. The molecule has 0 aliphatic heterocycles. The molecule has 7 rings (SSSR count). The van der Waals surface area contributed by atoms with E-state index in [2.05, 4.69) is 84.9 Å². The van der Waals surface area contributed by atoms with Crippen molar-refractivity contribution < 1.29 is 0 Å². The fourth-order valence-corrected chi connectivity index (χ4v) is 5.29. The predicted molar refractivity (Wildman–Crippen MR) is 171 cm³/mol. The molecule has 0 amide bonds. The van der Waals surface area contributed by atoms with E-state index in [1.54, 1.807) is 0 Å². The maximum atomic E-state index is 6.16. The minimum absolute atomic E-state index is 0.735. The van der Waals surface area contributed by atoms with E-state index in [9.17, 15) is 0 Å². The van der Waals surface area contributed by atoms with Crippen molar-refractivity contribution in [3.8, 4) is 56.0 Å². The average molecular weight is 526 g/mol. The number of para-hydroxylation sites is 2. The highest BCUT2D eigenvalue weighted by Gasteiger charge is 2.12. The van der Waals surface area contributed by atoms with Crippen LogP contribution < -0.4 is 5.73 Å². The SMILES string of the molecule is Nc1ccccc1-c1ccc(-c2ccc(-c3ccc(-c4nc(-c5ccccc5)nc5ccccc45)cc3)cc2)cc1. The second-order valence-electron chi connectivity index (χ2n) is 10.1. The number of nitrogens with two attached hydrogens (primary N) is 1. The summed E-state index contributed by atoms with van der Waals surface area (Å²) in [6, 6.07) is 52.3. The summed E-state index contributed by atoms with van der Waals surface area (Å²) in [5.74, 6) is 0.735. The van der Waals surface area contributed by atoms with E-state index in [1.165, 1.54) is 16.7 Å². The van der Waals surface area contributed by atoms with Crippen LogP contribution in [-0.2, 0) is 0 Å². The van der Waals surface area contributed by atoms with Crippen LogP contribution in [0.1, 0.15) is 0 Å². The summed E-state index contributed by atoms with van der Waals surface area (Å²) >= 11 is 0. The molecule has 0 radical (unpaired) electrons. The summed E-state index contributed by atoms with van der Waals surface area (Å²) in [4.78, 5) is 9.84. The Morgan fingerprint density at radius 3 is 1.46 bits per heavy atom. The van der Waals surface area contributed by atoms with Crippen LogP contribution in [0.3, 0.4) is 0 Å². The number of rotatable bonds is 5. The van der Waals surface area contributed by atoms with E-state index in [0.717, 1.165) is 55.9 Å². The van der Waals surface area contributed by atoms with Crippen molar-refractivity contribution >= 4 is 16.6 Å². The Morgan fingerprint density at radius 2 is 0.854 bits per heavy atom. The van der Waals surface area contributed by atoms with E-state index in [0.29, 0.717) is 0 Å². The first-order chi connectivity index (χ1) is 20.2. The van der Waals surface area contributed by atoms with Crippen molar-refractivity contribution in [2.24, 2.45) is 0 Å². The summed E-state index contributed by atoms with van der Waals surface area (Å²) in [6.45, 7) is 0. The lowest BCUT2D eigenvalue weighted by Crippen LogP contribution is -1.95. The summed E-state index contributed by atoms with van der Waals surface area (Å²) in [5.41, 5.74) is 17.8. The molecule has 194 valence electrons. The van der Waals surface area contributed by atoms with Crippen molar-refractivity contribution in [3.63, 3.8) is 0 Å². The lowest BCUT2D eigenvalue weighted by atomic mass is 9.97. The molecule has 0 unspecified atom stereocenters. The topological polar surface area (TPSA) is 51.8 Å². The van der Waals surface area contributed by atoms with Crippen LogP contribution in [0.2, 0.25) is 0 Å². The fraction of sp³-hybridized carbons (Fsp3) is 0. The molecule has 7 aromatic rings. The standard InChI is InChI=1S/C38H27N3/c39-35-12-6-4-10-33(35)30-22-18-28(19-23-30)26-14-16-27(17-15-26)29-20-24-31(25-21-29)37-34-11-5-7-13-36(34)40-38(41-37)32-8-2-1-3-9-32/h1-25H,39H2. The highest BCUT2D eigenvalue weighted by atomic mass is 14.9. The molecular weight excluding hydrogens is 498 g/mol. The number of hydrogen-bond donors (Lipinski definition) is 1. The Kier molecular flexibility index (Phi) is 6.31. The van der Waals surface area contributed by atoms with Crippen molar-refractivity contribution in [2.75, 3.05) is 5.73 Å². The molecule has 1 heterocycles. The van der Waals surface area contributed by atoms with Crippen molar-refractivity contribution in [3.05, 3.63) is 152 Å². The van der Waals surface area contributed by atoms with Gasteiger partial charge in [-0.3, -0.25) is 0 Å². The number of hydrogen-bond acceptors (Lipinski definition) is 3. The molecule has 0 saturated heterocycles. The molecule has 6 aromatic carbocycles. The molecule has 1 aromatic heterocycles. The van der Waals surface area contributed by atoms with E-state index in [4.69, 9.17) is 15.7 Å². The highest BCUT2D eigenvalue weighted by molar-refractivity contribution is 5.94. The van der Waals surface area contributed by atoms with Gasteiger partial charge in [-0.2, -0.15) is 0 Å². The highest BCUT2D eigenvalue weighted by Crippen LogP contribution is 2.32. The molecule has 0 saturated carbocycles. The van der Waals surface area contributed by atoms with Gasteiger partial charge in [-0.25, -0.2) is 9.97 Å². The molecule has 0 fully saturated rings. The van der Waals surface area contributed by atoms with Gasteiger partial charge in [0.15, 0.2) is 5.82 Å². The molecular formula is C38H27N3. The third-order valence-corrected chi connectivity index (χ3v) is 7.50. The van der Waals surface area contributed by atoms with Crippen LogP contribution in [0, 0.1) is 0 Å². The van der Waals surface area contributed by atoms with E-state index < -0.39 is 0 Å². The lowest BCUT2D eigenvalue weighted by molar-refractivity contribution is 1.23. The molecule has 0 aliphatic rings. The predicted octanol–water partition coefficient (Wildman–Crippen LogP) is 9.55. The van der Waals surface area contributed by atoms with Gasteiger partial charge in [0.05, 0.1) is 11.2 Å². The van der Waals surface area contributed by atoms with Gasteiger partial charge in [-0.1, -0.05) is 140 Å². The van der Waals surface area contributed by atoms with Gasteiger partial charge in [-0.15, -0.1) is 0 Å².